The van der Waals surface area contributed by atoms with Crippen LogP contribution in [0.15, 0.2) is 12.5 Å². The van der Waals surface area contributed by atoms with E-state index in [0.29, 0.717) is 31.5 Å². The number of aliphatic carboxylic acids is 1. The minimum atomic E-state index is -1.34. The lowest BCUT2D eigenvalue weighted by molar-refractivity contribution is -0.142. The minimum Gasteiger partial charge on any atom is -0.480 e. The smallest absolute Gasteiger partial charge is 0.326 e. The van der Waals surface area contributed by atoms with Gasteiger partial charge in [-0.2, -0.15) is 0 Å². The zero-order chi connectivity index (χ0) is 25.7. The Morgan fingerprint density at radius 1 is 1.03 bits per heavy atom. The number of rotatable bonds is 16. The molecule has 0 fully saturated rings. The van der Waals surface area contributed by atoms with Gasteiger partial charge in [-0.15, -0.1) is 0 Å². The Balaban J connectivity index is 2.91. The van der Waals surface area contributed by atoms with E-state index in [9.17, 15) is 29.4 Å². The molecular formula is C21H37N7O6. The number of hydrogen-bond acceptors (Lipinski definition) is 8. The van der Waals surface area contributed by atoms with Crippen molar-refractivity contribution in [1.29, 1.82) is 0 Å². The number of H-pyrrole nitrogens is 1. The van der Waals surface area contributed by atoms with Crippen molar-refractivity contribution in [3.63, 3.8) is 0 Å². The van der Waals surface area contributed by atoms with E-state index < -0.39 is 54.5 Å². The summed E-state index contributed by atoms with van der Waals surface area (Å²) >= 11 is 0. The minimum absolute atomic E-state index is 0.0222. The summed E-state index contributed by atoms with van der Waals surface area (Å²) in [6.07, 6.45) is 4.49. The molecule has 1 aromatic heterocycles. The Labute approximate surface area is 198 Å². The summed E-state index contributed by atoms with van der Waals surface area (Å²) in [5, 5.41) is 26.4. The standard InChI is InChI=1S/C21H37N7O6/c1-12(2)7-14(23)18(30)28-17(10-29)20(32)27-16(8-13-9-24-11-25-13)19(31)26-15(21(33)34)5-3-4-6-22/h9,11-12,14-17,29H,3-8,10,22-23H2,1-2H3,(H,24,25)(H,26,31)(H,27,32)(H,28,30)(H,33,34). The molecule has 34 heavy (non-hydrogen) atoms. The van der Waals surface area contributed by atoms with Gasteiger partial charge in [0.2, 0.25) is 17.7 Å². The zero-order valence-corrected chi connectivity index (χ0v) is 19.6. The molecule has 0 saturated heterocycles. The molecular weight excluding hydrogens is 446 g/mol. The molecule has 3 amide bonds. The van der Waals surface area contributed by atoms with Crippen LogP contribution in [0.2, 0.25) is 0 Å². The number of hydrogen-bond donors (Lipinski definition) is 8. The first-order valence-electron chi connectivity index (χ1n) is 11.3. The Morgan fingerprint density at radius 3 is 2.18 bits per heavy atom. The molecule has 0 saturated carbocycles. The fourth-order valence-corrected chi connectivity index (χ4v) is 3.21. The molecule has 13 heteroatoms. The van der Waals surface area contributed by atoms with Gasteiger partial charge in [-0.3, -0.25) is 14.4 Å². The van der Waals surface area contributed by atoms with Gasteiger partial charge in [0, 0.05) is 18.3 Å². The summed E-state index contributed by atoms with van der Waals surface area (Å²) in [6, 6.07) is -4.57. The number of nitrogens with one attached hydrogen (secondary N) is 4. The summed E-state index contributed by atoms with van der Waals surface area (Å²) in [4.78, 5) is 56.2. The molecule has 1 heterocycles. The first-order valence-corrected chi connectivity index (χ1v) is 11.3. The van der Waals surface area contributed by atoms with Crippen LogP contribution in [0, 0.1) is 5.92 Å². The summed E-state index contributed by atoms with van der Waals surface area (Å²) in [5.74, 6) is -3.22. The zero-order valence-electron chi connectivity index (χ0n) is 19.6. The number of aromatic nitrogens is 2. The number of unbranched alkanes of at least 4 members (excludes halogenated alkanes) is 1. The maximum Gasteiger partial charge on any atom is 0.326 e. The van der Waals surface area contributed by atoms with Gasteiger partial charge in [0.25, 0.3) is 0 Å². The Morgan fingerprint density at radius 2 is 1.65 bits per heavy atom. The van der Waals surface area contributed by atoms with Crippen molar-refractivity contribution >= 4 is 23.7 Å². The maximum atomic E-state index is 12.9. The van der Waals surface area contributed by atoms with Crippen LogP contribution in [0.4, 0.5) is 0 Å². The Hall–Kier alpha value is -3.03. The van der Waals surface area contributed by atoms with Gasteiger partial charge < -0.3 is 42.6 Å². The molecule has 192 valence electrons. The lowest BCUT2D eigenvalue weighted by Crippen LogP contribution is -2.58. The van der Waals surface area contributed by atoms with Crippen LogP contribution in [0.5, 0.6) is 0 Å². The van der Waals surface area contributed by atoms with Crippen LogP contribution in [0.3, 0.4) is 0 Å². The molecule has 0 radical (unpaired) electrons. The van der Waals surface area contributed by atoms with Crippen LogP contribution >= 0.6 is 0 Å². The average molecular weight is 484 g/mol. The summed E-state index contributed by atoms with van der Waals surface area (Å²) in [6.45, 7) is 3.46. The fraction of sp³-hybridized carbons (Fsp3) is 0.667. The topological polar surface area (TPSA) is 226 Å². The molecule has 0 aliphatic heterocycles. The first kappa shape index (κ1) is 29.0. The first-order chi connectivity index (χ1) is 16.1. The van der Waals surface area contributed by atoms with Gasteiger partial charge in [0.05, 0.1) is 19.0 Å². The number of carbonyl (C=O) groups is 4. The number of carboxylic acid groups (broad SMARTS) is 1. The van der Waals surface area contributed by atoms with Gasteiger partial charge >= 0.3 is 5.97 Å². The van der Waals surface area contributed by atoms with E-state index in [0.717, 1.165) is 0 Å². The highest BCUT2D eigenvalue weighted by atomic mass is 16.4. The number of carboxylic acids is 1. The van der Waals surface area contributed by atoms with Crippen molar-refractivity contribution in [2.45, 2.75) is 70.1 Å². The van der Waals surface area contributed by atoms with Crippen molar-refractivity contribution in [1.82, 2.24) is 25.9 Å². The van der Waals surface area contributed by atoms with Crippen LogP contribution in [-0.4, -0.2) is 81.2 Å². The predicted molar refractivity (Wildman–Crippen MR) is 123 cm³/mol. The second-order valence-corrected chi connectivity index (χ2v) is 8.51. The normalized spacial score (nSPS) is 14.6. The van der Waals surface area contributed by atoms with E-state index in [1.807, 2.05) is 13.8 Å². The monoisotopic (exact) mass is 483 g/mol. The molecule has 1 aromatic rings. The molecule has 4 unspecified atom stereocenters. The van der Waals surface area contributed by atoms with E-state index in [2.05, 4.69) is 25.9 Å². The lowest BCUT2D eigenvalue weighted by atomic mass is 10.0. The lowest BCUT2D eigenvalue weighted by Gasteiger charge is -2.24. The molecule has 13 nitrogen and oxygen atoms in total. The molecule has 0 aromatic carbocycles. The molecule has 0 spiro atoms. The number of nitrogens with two attached hydrogens (primary N) is 2. The van der Waals surface area contributed by atoms with Crippen molar-refractivity contribution in [2.75, 3.05) is 13.2 Å². The summed E-state index contributed by atoms with van der Waals surface area (Å²) in [7, 11) is 0. The SMILES string of the molecule is CC(C)CC(N)C(=O)NC(CO)C(=O)NC(Cc1cnc[nH]1)C(=O)NC(CCCCN)C(=O)O. The number of aliphatic hydroxyl groups is 1. The van der Waals surface area contributed by atoms with E-state index >= 15 is 0 Å². The van der Waals surface area contributed by atoms with Crippen LogP contribution in [0.25, 0.3) is 0 Å². The van der Waals surface area contributed by atoms with E-state index in [1.54, 1.807) is 0 Å². The van der Waals surface area contributed by atoms with Crippen molar-refractivity contribution in [3.8, 4) is 0 Å². The van der Waals surface area contributed by atoms with Crippen molar-refractivity contribution in [2.24, 2.45) is 17.4 Å². The quantitative estimate of drug-likeness (QED) is 0.121. The molecule has 10 N–H and O–H groups in total. The van der Waals surface area contributed by atoms with E-state index in [4.69, 9.17) is 11.5 Å². The van der Waals surface area contributed by atoms with Gasteiger partial charge in [0.1, 0.15) is 18.1 Å². The molecule has 0 aliphatic carbocycles. The number of amides is 3. The van der Waals surface area contributed by atoms with Crippen molar-refractivity contribution < 1.29 is 29.4 Å². The molecule has 1 rings (SSSR count). The fourth-order valence-electron chi connectivity index (χ4n) is 3.21. The number of nitrogens with zero attached hydrogens (tertiary/aromatic N) is 1. The number of aliphatic hydroxyl groups excluding tert-OH is 1. The average Bonchev–Trinajstić information content (AvgIpc) is 3.28. The number of imidazole rings is 1. The molecule has 4 atom stereocenters. The predicted octanol–water partition coefficient (Wildman–Crippen LogP) is -2.01. The van der Waals surface area contributed by atoms with Gasteiger partial charge in [0.15, 0.2) is 0 Å². The largest absolute Gasteiger partial charge is 0.480 e. The van der Waals surface area contributed by atoms with E-state index in [1.165, 1.54) is 12.5 Å². The third-order valence-corrected chi connectivity index (χ3v) is 5.05. The van der Waals surface area contributed by atoms with Crippen LogP contribution in [-0.2, 0) is 25.6 Å². The Kier molecular flexibility index (Phi) is 12.8. The second-order valence-electron chi connectivity index (χ2n) is 8.51. The summed E-state index contributed by atoms with van der Waals surface area (Å²) in [5.41, 5.74) is 11.8. The number of aromatic amines is 1. The second kappa shape index (κ2) is 15.0. The highest BCUT2D eigenvalue weighted by molar-refractivity contribution is 5.94. The summed E-state index contributed by atoms with van der Waals surface area (Å²) < 4.78 is 0. The van der Waals surface area contributed by atoms with Crippen LogP contribution in [0.1, 0.15) is 45.2 Å². The molecule has 0 aliphatic rings. The van der Waals surface area contributed by atoms with Gasteiger partial charge in [-0.1, -0.05) is 13.8 Å². The van der Waals surface area contributed by atoms with Crippen LogP contribution < -0.4 is 27.4 Å². The highest BCUT2D eigenvalue weighted by Crippen LogP contribution is 2.06. The third-order valence-electron chi connectivity index (χ3n) is 5.05. The van der Waals surface area contributed by atoms with Gasteiger partial charge in [-0.25, -0.2) is 9.78 Å². The van der Waals surface area contributed by atoms with Crippen molar-refractivity contribution in [3.05, 3.63) is 18.2 Å². The Bertz CT molecular complexity index is 787. The van der Waals surface area contributed by atoms with E-state index in [-0.39, 0.29) is 18.8 Å². The number of carbonyl (C=O) groups excluding carboxylic acids is 3. The van der Waals surface area contributed by atoms with Gasteiger partial charge in [-0.05, 0) is 38.1 Å². The molecule has 0 bridgehead atoms. The maximum absolute atomic E-state index is 12.9. The third kappa shape index (κ3) is 10.3. The highest BCUT2D eigenvalue weighted by Gasteiger charge is 2.30.